The first-order chi connectivity index (χ1) is 9.93. The third-order valence-corrected chi connectivity index (χ3v) is 4.26. The van der Waals surface area contributed by atoms with Crippen LogP contribution in [-0.4, -0.2) is 46.7 Å². The number of benzene rings is 1. The number of amides is 1. The zero-order valence-electron chi connectivity index (χ0n) is 12.5. The number of rotatable bonds is 8. The van der Waals surface area contributed by atoms with Crippen molar-refractivity contribution in [2.75, 3.05) is 12.4 Å². The standard InChI is InChI=1S/C15H24N2O3S/c1-10-3-5-12(6-4-10)8-21-9-13(16)15(20)17-14(7-18)11(2)19/h3-6,11,13-14,18-19H,7-9,16H2,1-2H3,(H,17,20)/t11-,13+,14-/m1/s1. The van der Waals surface area contributed by atoms with E-state index in [2.05, 4.69) is 29.6 Å². The maximum Gasteiger partial charge on any atom is 0.238 e. The second-order valence-corrected chi connectivity index (χ2v) is 6.18. The van der Waals surface area contributed by atoms with Crippen LogP contribution in [0.4, 0.5) is 0 Å². The van der Waals surface area contributed by atoms with Gasteiger partial charge in [-0.15, -0.1) is 0 Å². The van der Waals surface area contributed by atoms with E-state index in [4.69, 9.17) is 10.8 Å². The number of thioether (sulfide) groups is 1. The Hall–Kier alpha value is -1.08. The summed E-state index contributed by atoms with van der Waals surface area (Å²) >= 11 is 1.58. The first kappa shape index (κ1) is 18.0. The summed E-state index contributed by atoms with van der Waals surface area (Å²) in [6.07, 6.45) is -0.814. The number of nitrogens with one attached hydrogen (secondary N) is 1. The Morgan fingerprint density at radius 1 is 1.38 bits per heavy atom. The number of aliphatic hydroxyl groups is 2. The lowest BCUT2D eigenvalue weighted by molar-refractivity contribution is -0.123. The predicted octanol–water partition coefficient (Wildman–Crippen LogP) is 0.413. The van der Waals surface area contributed by atoms with Gasteiger partial charge in [-0.25, -0.2) is 0 Å². The van der Waals surface area contributed by atoms with Gasteiger partial charge < -0.3 is 21.3 Å². The molecule has 6 heteroatoms. The molecule has 3 atom stereocenters. The normalized spacial score (nSPS) is 15.3. The van der Waals surface area contributed by atoms with Crippen molar-refractivity contribution in [2.24, 2.45) is 5.73 Å². The highest BCUT2D eigenvalue weighted by molar-refractivity contribution is 7.98. The van der Waals surface area contributed by atoms with Crippen molar-refractivity contribution in [3.8, 4) is 0 Å². The molecule has 1 aromatic rings. The first-order valence-corrected chi connectivity index (χ1v) is 8.07. The van der Waals surface area contributed by atoms with Crippen LogP contribution in [0, 0.1) is 6.92 Å². The molecule has 118 valence electrons. The minimum absolute atomic E-state index is 0.313. The molecule has 0 fully saturated rings. The van der Waals surface area contributed by atoms with Crippen LogP contribution in [-0.2, 0) is 10.5 Å². The Morgan fingerprint density at radius 3 is 2.52 bits per heavy atom. The number of hydrogen-bond acceptors (Lipinski definition) is 5. The van der Waals surface area contributed by atoms with Crippen molar-refractivity contribution < 1.29 is 15.0 Å². The lowest BCUT2D eigenvalue weighted by atomic mass is 10.2. The van der Waals surface area contributed by atoms with Crippen molar-refractivity contribution in [3.05, 3.63) is 35.4 Å². The number of aliphatic hydroxyl groups excluding tert-OH is 2. The van der Waals surface area contributed by atoms with Gasteiger partial charge in [0, 0.05) is 11.5 Å². The van der Waals surface area contributed by atoms with E-state index in [9.17, 15) is 9.90 Å². The fraction of sp³-hybridized carbons (Fsp3) is 0.533. The maximum absolute atomic E-state index is 11.8. The van der Waals surface area contributed by atoms with Crippen LogP contribution in [0.1, 0.15) is 18.1 Å². The highest BCUT2D eigenvalue weighted by atomic mass is 32.2. The van der Waals surface area contributed by atoms with Crippen molar-refractivity contribution in [2.45, 2.75) is 37.8 Å². The van der Waals surface area contributed by atoms with E-state index in [-0.39, 0.29) is 12.5 Å². The van der Waals surface area contributed by atoms with Crippen LogP contribution in [0.3, 0.4) is 0 Å². The van der Waals surface area contributed by atoms with Crippen LogP contribution < -0.4 is 11.1 Å². The quantitative estimate of drug-likeness (QED) is 0.558. The summed E-state index contributed by atoms with van der Waals surface area (Å²) in [5.74, 6) is 0.921. The maximum atomic E-state index is 11.8. The molecular formula is C15H24N2O3S. The summed E-state index contributed by atoms with van der Waals surface area (Å²) in [6.45, 7) is 3.24. The lowest BCUT2D eigenvalue weighted by Crippen LogP contribution is -2.51. The van der Waals surface area contributed by atoms with Crippen LogP contribution in [0.25, 0.3) is 0 Å². The van der Waals surface area contributed by atoms with Gasteiger partial charge in [-0.3, -0.25) is 4.79 Å². The van der Waals surface area contributed by atoms with Gasteiger partial charge in [-0.2, -0.15) is 11.8 Å². The fourth-order valence-corrected chi connectivity index (χ4v) is 2.62. The topological polar surface area (TPSA) is 95.6 Å². The molecule has 0 saturated carbocycles. The number of hydrogen-bond donors (Lipinski definition) is 4. The average molecular weight is 312 g/mol. The van der Waals surface area contributed by atoms with Crippen molar-refractivity contribution in [1.29, 1.82) is 0 Å². The molecule has 0 unspecified atom stereocenters. The molecule has 21 heavy (non-hydrogen) atoms. The van der Waals surface area contributed by atoms with Gasteiger partial charge in [0.05, 0.1) is 24.8 Å². The molecule has 5 N–H and O–H groups in total. The predicted molar refractivity (Wildman–Crippen MR) is 86.0 cm³/mol. The first-order valence-electron chi connectivity index (χ1n) is 6.92. The van der Waals surface area contributed by atoms with Crippen molar-refractivity contribution in [3.63, 3.8) is 0 Å². The van der Waals surface area contributed by atoms with Crippen LogP contribution in [0.15, 0.2) is 24.3 Å². The summed E-state index contributed by atoms with van der Waals surface area (Å²) in [6, 6.07) is 6.89. The molecule has 0 aromatic heterocycles. The van der Waals surface area contributed by atoms with E-state index in [0.717, 1.165) is 5.75 Å². The van der Waals surface area contributed by atoms with E-state index < -0.39 is 18.2 Å². The molecule has 0 radical (unpaired) electrons. The van der Waals surface area contributed by atoms with Crippen molar-refractivity contribution >= 4 is 17.7 Å². The Kier molecular flexibility index (Phi) is 7.74. The van der Waals surface area contributed by atoms with E-state index in [1.54, 1.807) is 11.8 Å². The zero-order chi connectivity index (χ0) is 15.8. The Bertz CT molecular complexity index is 437. The molecule has 0 aliphatic heterocycles. The molecule has 0 heterocycles. The highest BCUT2D eigenvalue weighted by Gasteiger charge is 2.20. The fourth-order valence-electron chi connectivity index (χ4n) is 1.67. The molecule has 0 aliphatic rings. The third-order valence-electron chi connectivity index (χ3n) is 3.13. The summed E-state index contributed by atoms with van der Waals surface area (Å²) in [4.78, 5) is 11.8. The highest BCUT2D eigenvalue weighted by Crippen LogP contribution is 2.13. The van der Waals surface area contributed by atoms with Gasteiger partial charge in [0.25, 0.3) is 0 Å². The molecular weight excluding hydrogens is 288 g/mol. The Balaban J connectivity index is 2.34. The van der Waals surface area contributed by atoms with E-state index in [1.807, 2.05) is 6.92 Å². The number of carbonyl (C=O) groups is 1. The summed E-state index contributed by atoms with van der Waals surface area (Å²) in [5, 5.41) is 21.0. The molecule has 0 spiro atoms. The Labute approximate surface area is 129 Å². The van der Waals surface area contributed by atoms with Crippen LogP contribution in [0.5, 0.6) is 0 Å². The molecule has 1 rings (SSSR count). The zero-order valence-corrected chi connectivity index (χ0v) is 13.3. The number of aryl methyl sites for hydroxylation is 1. The second kappa shape index (κ2) is 9.04. The summed E-state index contributed by atoms with van der Waals surface area (Å²) in [7, 11) is 0. The molecule has 0 bridgehead atoms. The number of nitrogens with two attached hydrogens (primary N) is 1. The second-order valence-electron chi connectivity index (χ2n) is 5.15. The van der Waals surface area contributed by atoms with E-state index in [1.165, 1.54) is 18.1 Å². The Morgan fingerprint density at radius 2 is 2.00 bits per heavy atom. The van der Waals surface area contributed by atoms with Gasteiger partial charge >= 0.3 is 0 Å². The largest absolute Gasteiger partial charge is 0.394 e. The van der Waals surface area contributed by atoms with Crippen LogP contribution in [0.2, 0.25) is 0 Å². The molecule has 0 saturated heterocycles. The smallest absolute Gasteiger partial charge is 0.238 e. The minimum Gasteiger partial charge on any atom is -0.394 e. The molecule has 5 nitrogen and oxygen atoms in total. The van der Waals surface area contributed by atoms with Gasteiger partial charge in [0.15, 0.2) is 0 Å². The average Bonchev–Trinajstić information content (AvgIpc) is 2.46. The van der Waals surface area contributed by atoms with E-state index >= 15 is 0 Å². The summed E-state index contributed by atoms with van der Waals surface area (Å²) < 4.78 is 0. The van der Waals surface area contributed by atoms with Gasteiger partial charge in [-0.05, 0) is 19.4 Å². The summed E-state index contributed by atoms with van der Waals surface area (Å²) in [5.41, 5.74) is 8.22. The minimum atomic E-state index is -0.814. The monoisotopic (exact) mass is 312 g/mol. The number of carbonyl (C=O) groups excluding carboxylic acids is 1. The van der Waals surface area contributed by atoms with Gasteiger partial charge in [-0.1, -0.05) is 29.8 Å². The van der Waals surface area contributed by atoms with E-state index in [0.29, 0.717) is 5.75 Å². The van der Waals surface area contributed by atoms with Gasteiger partial charge in [0.1, 0.15) is 0 Å². The molecule has 1 aromatic carbocycles. The SMILES string of the molecule is Cc1ccc(CSC[C@H](N)C(=O)N[C@H](CO)[C@@H](C)O)cc1. The third kappa shape index (κ3) is 6.48. The van der Waals surface area contributed by atoms with Crippen LogP contribution >= 0.6 is 11.8 Å². The molecule has 0 aliphatic carbocycles. The molecule has 1 amide bonds. The van der Waals surface area contributed by atoms with Gasteiger partial charge in [0.2, 0.25) is 5.91 Å². The lowest BCUT2D eigenvalue weighted by Gasteiger charge is -2.21. The van der Waals surface area contributed by atoms with Crippen molar-refractivity contribution in [1.82, 2.24) is 5.32 Å².